The van der Waals surface area contributed by atoms with E-state index in [9.17, 15) is 4.39 Å². The van der Waals surface area contributed by atoms with Crippen molar-refractivity contribution in [2.75, 3.05) is 6.61 Å². The molecule has 0 spiro atoms. The van der Waals surface area contributed by atoms with Gasteiger partial charge in [-0.05, 0) is 43.0 Å². The Hall–Kier alpha value is -0.930. The predicted molar refractivity (Wildman–Crippen MR) is 57.0 cm³/mol. The van der Waals surface area contributed by atoms with E-state index in [4.69, 9.17) is 10.5 Å². The summed E-state index contributed by atoms with van der Waals surface area (Å²) in [6, 6.07) is 4.80. The molecule has 15 heavy (non-hydrogen) atoms. The molecule has 82 valence electrons. The molecule has 0 amide bonds. The second-order valence-electron chi connectivity index (χ2n) is 4.10. The van der Waals surface area contributed by atoms with Crippen LogP contribution in [0.2, 0.25) is 0 Å². The minimum atomic E-state index is -0.208. The Kier molecular flexibility index (Phi) is 3.03. The summed E-state index contributed by atoms with van der Waals surface area (Å²) in [7, 11) is 0. The zero-order valence-electron chi connectivity index (χ0n) is 8.87. The van der Waals surface area contributed by atoms with Crippen LogP contribution in [0.5, 0.6) is 0 Å². The lowest BCUT2D eigenvalue weighted by Gasteiger charge is -2.30. The van der Waals surface area contributed by atoms with E-state index in [2.05, 4.69) is 0 Å². The molecule has 2 unspecified atom stereocenters. The van der Waals surface area contributed by atoms with Crippen LogP contribution in [0.4, 0.5) is 4.39 Å². The van der Waals surface area contributed by atoms with E-state index in [1.807, 2.05) is 6.92 Å². The van der Waals surface area contributed by atoms with Crippen molar-refractivity contribution in [2.24, 2.45) is 5.73 Å². The van der Waals surface area contributed by atoms with Gasteiger partial charge in [-0.3, -0.25) is 0 Å². The zero-order valence-corrected chi connectivity index (χ0v) is 8.87. The first kappa shape index (κ1) is 10.6. The summed E-state index contributed by atoms with van der Waals surface area (Å²) < 4.78 is 18.6. The van der Waals surface area contributed by atoms with Gasteiger partial charge in [0.1, 0.15) is 5.82 Å². The standard InChI is InChI=1S/C12H16FNO/c1-8-7-9(13)4-5-10(8)12-11(14)3-2-6-15-12/h4-5,7,11-12H,2-3,6,14H2,1H3. The van der Waals surface area contributed by atoms with Gasteiger partial charge in [0.2, 0.25) is 0 Å². The maximum atomic E-state index is 12.9. The molecule has 1 aromatic rings. The average molecular weight is 209 g/mol. The number of hydrogen-bond acceptors (Lipinski definition) is 2. The lowest BCUT2D eigenvalue weighted by molar-refractivity contribution is -0.000250. The van der Waals surface area contributed by atoms with Crippen molar-refractivity contribution in [3.05, 3.63) is 35.1 Å². The van der Waals surface area contributed by atoms with Crippen LogP contribution in [0.15, 0.2) is 18.2 Å². The molecule has 1 saturated heterocycles. The van der Waals surface area contributed by atoms with Crippen LogP contribution in [0, 0.1) is 12.7 Å². The van der Waals surface area contributed by atoms with E-state index in [1.54, 1.807) is 6.07 Å². The van der Waals surface area contributed by atoms with Crippen molar-refractivity contribution in [1.29, 1.82) is 0 Å². The highest BCUT2D eigenvalue weighted by atomic mass is 19.1. The van der Waals surface area contributed by atoms with Gasteiger partial charge in [-0.15, -0.1) is 0 Å². The van der Waals surface area contributed by atoms with E-state index in [0.717, 1.165) is 30.6 Å². The molecule has 0 aromatic heterocycles. The third-order valence-electron chi connectivity index (χ3n) is 2.91. The molecule has 1 heterocycles. The molecule has 1 aromatic carbocycles. The third kappa shape index (κ3) is 2.19. The molecule has 2 atom stereocenters. The molecular weight excluding hydrogens is 193 g/mol. The van der Waals surface area contributed by atoms with Gasteiger partial charge < -0.3 is 10.5 Å². The van der Waals surface area contributed by atoms with Gasteiger partial charge in [-0.2, -0.15) is 0 Å². The fraction of sp³-hybridized carbons (Fsp3) is 0.500. The normalized spacial score (nSPS) is 26.6. The first-order valence-electron chi connectivity index (χ1n) is 5.31. The molecule has 3 heteroatoms. The van der Waals surface area contributed by atoms with Gasteiger partial charge in [-0.25, -0.2) is 4.39 Å². The van der Waals surface area contributed by atoms with E-state index < -0.39 is 0 Å². The summed E-state index contributed by atoms with van der Waals surface area (Å²) >= 11 is 0. The first-order chi connectivity index (χ1) is 7.18. The van der Waals surface area contributed by atoms with E-state index in [-0.39, 0.29) is 18.0 Å². The number of halogens is 1. The van der Waals surface area contributed by atoms with Gasteiger partial charge in [0.25, 0.3) is 0 Å². The molecule has 0 bridgehead atoms. The second-order valence-corrected chi connectivity index (χ2v) is 4.10. The molecule has 2 N–H and O–H groups in total. The van der Waals surface area contributed by atoms with Crippen molar-refractivity contribution < 1.29 is 9.13 Å². The summed E-state index contributed by atoms with van der Waals surface area (Å²) in [5.41, 5.74) is 7.93. The monoisotopic (exact) mass is 209 g/mol. The Balaban J connectivity index is 2.27. The van der Waals surface area contributed by atoms with Gasteiger partial charge in [0, 0.05) is 12.6 Å². The Morgan fingerprint density at radius 1 is 1.47 bits per heavy atom. The number of hydrogen-bond donors (Lipinski definition) is 1. The number of aryl methyl sites for hydroxylation is 1. The van der Waals surface area contributed by atoms with Crippen molar-refractivity contribution in [1.82, 2.24) is 0 Å². The maximum absolute atomic E-state index is 12.9. The fourth-order valence-corrected chi connectivity index (χ4v) is 2.08. The quantitative estimate of drug-likeness (QED) is 0.770. The smallest absolute Gasteiger partial charge is 0.123 e. The predicted octanol–water partition coefficient (Wildman–Crippen LogP) is 2.31. The molecule has 1 fully saturated rings. The summed E-state index contributed by atoms with van der Waals surface area (Å²) in [6.45, 7) is 2.64. The van der Waals surface area contributed by atoms with Crippen molar-refractivity contribution in [2.45, 2.75) is 31.9 Å². The lowest BCUT2D eigenvalue weighted by atomic mass is 9.94. The van der Waals surface area contributed by atoms with Gasteiger partial charge >= 0.3 is 0 Å². The molecule has 0 radical (unpaired) electrons. The molecule has 1 aliphatic rings. The molecule has 2 rings (SSSR count). The van der Waals surface area contributed by atoms with Crippen molar-refractivity contribution in [3.63, 3.8) is 0 Å². The highest BCUT2D eigenvalue weighted by Crippen LogP contribution is 2.29. The highest BCUT2D eigenvalue weighted by molar-refractivity contribution is 5.29. The fourth-order valence-electron chi connectivity index (χ4n) is 2.08. The summed E-state index contributed by atoms with van der Waals surface area (Å²) in [4.78, 5) is 0. The van der Waals surface area contributed by atoms with E-state index in [1.165, 1.54) is 12.1 Å². The molecule has 2 nitrogen and oxygen atoms in total. The summed E-state index contributed by atoms with van der Waals surface area (Å²) in [6.07, 6.45) is 1.92. The maximum Gasteiger partial charge on any atom is 0.123 e. The number of rotatable bonds is 1. The number of nitrogens with two attached hydrogens (primary N) is 1. The van der Waals surface area contributed by atoms with Crippen LogP contribution in [-0.4, -0.2) is 12.6 Å². The van der Waals surface area contributed by atoms with Crippen molar-refractivity contribution in [3.8, 4) is 0 Å². The Morgan fingerprint density at radius 3 is 2.93 bits per heavy atom. The van der Waals surface area contributed by atoms with Gasteiger partial charge in [0.15, 0.2) is 0 Å². The number of ether oxygens (including phenoxy) is 1. The molecule has 1 aliphatic heterocycles. The number of benzene rings is 1. The zero-order chi connectivity index (χ0) is 10.8. The van der Waals surface area contributed by atoms with Crippen molar-refractivity contribution >= 4 is 0 Å². The SMILES string of the molecule is Cc1cc(F)ccc1C1OCCCC1N. The Morgan fingerprint density at radius 2 is 2.27 bits per heavy atom. The van der Waals surface area contributed by atoms with Crippen LogP contribution in [0.1, 0.15) is 30.1 Å². The van der Waals surface area contributed by atoms with E-state index in [0.29, 0.717) is 0 Å². The second kappa shape index (κ2) is 4.29. The minimum Gasteiger partial charge on any atom is -0.372 e. The Bertz CT molecular complexity index is 353. The van der Waals surface area contributed by atoms with Crippen LogP contribution in [0.25, 0.3) is 0 Å². The Labute approximate surface area is 89.2 Å². The van der Waals surface area contributed by atoms with Gasteiger partial charge in [-0.1, -0.05) is 6.07 Å². The van der Waals surface area contributed by atoms with Crippen LogP contribution in [-0.2, 0) is 4.74 Å². The van der Waals surface area contributed by atoms with Crippen LogP contribution >= 0.6 is 0 Å². The first-order valence-corrected chi connectivity index (χ1v) is 5.31. The molecule has 0 saturated carbocycles. The summed E-state index contributed by atoms with van der Waals surface area (Å²) in [5.74, 6) is -0.208. The average Bonchev–Trinajstić information content (AvgIpc) is 2.20. The largest absolute Gasteiger partial charge is 0.372 e. The molecular formula is C12H16FNO. The third-order valence-corrected chi connectivity index (χ3v) is 2.91. The summed E-state index contributed by atoms with van der Waals surface area (Å²) in [5, 5.41) is 0. The van der Waals surface area contributed by atoms with Crippen LogP contribution < -0.4 is 5.73 Å². The minimum absolute atomic E-state index is 0.0305. The molecule has 0 aliphatic carbocycles. The topological polar surface area (TPSA) is 35.2 Å². The van der Waals surface area contributed by atoms with Crippen LogP contribution in [0.3, 0.4) is 0 Å². The lowest BCUT2D eigenvalue weighted by Crippen LogP contribution is -2.34. The highest BCUT2D eigenvalue weighted by Gasteiger charge is 2.25. The van der Waals surface area contributed by atoms with E-state index >= 15 is 0 Å². The van der Waals surface area contributed by atoms with Gasteiger partial charge in [0.05, 0.1) is 6.10 Å².